The van der Waals surface area contributed by atoms with E-state index in [9.17, 15) is 4.79 Å². The van der Waals surface area contributed by atoms with Gasteiger partial charge in [-0.15, -0.1) is 11.3 Å². The van der Waals surface area contributed by atoms with Gasteiger partial charge in [0.25, 0.3) is 0 Å². The van der Waals surface area contributed by atoms with Crippen LogP contribution in [0.3, 0.4) is 0 Å². The largest absolute Gasteiger partial charge is 0.497 e. The third kappa shape index (κ3) is 2.72. The molecule has 4 nitrogen and oxygen atoms in total. The SMILES string of the molecule is COc1cccc(CC(=O)Cc2cn3ccsc3n2)c1. The Morgan fingerprint density at radius 1 is 1.40 bits per heavy atom. The zero-order valence-corrected chi connectivity index (χ0v) is 11.9. The number of carbonyl (C=O) groups is 1. The van der Waals surface area contributed by atoms with Gasteiger partial charge < -0.3 is 4.74 Å². The normalized spacial score (nSPS) is 10.8. The predicted octanol–water partition coefficient (Wildman–Crippen LogP) is 2.76. The maximum Gasteiger partial charge on any atom is 0.193 e. The zero-order valence-electron chi connectivity index (χ0n) is 11.1. The van der Waals surface area contributed by atoms with Crippen molar-refractivity contribution in [2.24, 2.45) is 0 Å². The van der Waals surface area contributed by atoms with Crippen LogP contribution in [0.2, 0.25) is 0 Å². The number of ketones is 1. The van der Waals surface area contributed by atoms with Crippen LogP contribution in [0.25, 0.3) is 4.96 Å². The highest BCUT2D eigenvalue weighted by atomic mass is 32.1. The number of nitrogens with zero attached hydrogens (tertiary/aromatic N) is 2. The highest BCUT2D eigenvalue weighted by molar-refractivity contribution is 7.15. The van der Waals surface area contributed by atoms with E-state index in [1.54, 1.807) is 18.4 Å². The Kier molecular flexibility index (Phi) is 3.52. The summed E-state index contributed by atoms with van der Waals surface area (Å²) in [5.74, 6) is 0.932. The first-order valence-corrected chi connectivity index (χ1v) is 7.18. The fourth-order valence-electron chi connectivity index (χ4n) is 2.14. The fourth-order valence-corrected chi connectivity index (χ4v) is 2.85. The molecule has 1 aromatic carbocycles. The van der Waals surface area contributed by atoms with Crippen molar-refractivity contribution in [3.8, 4) is 5.75 Å². The lowest BCUT2D eigenvalue weighted by molar-refractivity contribution is -0.117. The van der Waals surface area contributed by atoms with Crippen molar-refractivity contribution in [3.63, 3.8) is 0 Å². The van der Waals surface area contributed by atoms with Crippen LogP contribution >= 0.6 is 11.3 Å². The number of hydrogen-bond acceptors (Lipinski definition) is 4. The monoisotopic (exact) mass is 286 g/mol. The number of benzene rings is 1. The molecule has 20 heavy (non-hydrogen) atoms. The molecular weight excluding hydrogens is 272 g/mol. The highest BCUT2D eigenvalue weighted by Gasteiger charge is 2.09. The Morgan fingerprint density at radius 2 is 2.30 bits per heavy atom. The zero-order chi connectivity index (χ0) is 13.9. The molecule has 0 fully saturated rings. The minimum Gasteiger partial charge on any atom is -0.497 e. The lowest BCUT2D eigenvalue weighted by Gasteiger charge is -2.03. The van der Waals surface area contributed by atoms with Gasteiger partial charge in [-0.1, -0.05) is 12.1 Å². The van der Waals surface area contributed by atoms with Crippen molar-refractivity contribution in [1.82, 2.24) is 9.38 Å². The van der Waals surface area contributed by atoms with E-state index in [1.165, 1.54) is 0 Å². The number of methoxy groups -OCH3 is 1. The summed E-state index contributed by atoms with van der Waals surface area (Å²) in [6, 6.07) is 7.60. The van der Waals surface area contributed by atoms with Crippen LogP contribution in [0, 0.1) is 0 Å². The Hall–Kier alpha value is -2.14. The number of aromatic nitrogens is 2. The van der Waals surface area contributed by atoms with Gasteiger partial charge in [-0.3, -0.25) is 9.20 Å². The van der Waals surface area contributed by atoms with E-state index < -0.39 is 0 Å². The van der Waals surface area contributed by atoms with Crippen molar-refractivity contribution in [3.05, 3.63) is 53.3 Å². The predicted molar refractivity (Wildman–Crippen MR) is 78.5 cm³/mol. The van der Waals surface area contributed by atoms with Gasteiger partial charge in [0.05, 0.1) is 19.2 Å². The molecule has 0 atom stereocenters. The average molecular weight is 286 g/mol. The number of thiazole rings is 1. The van der Waals surface area contributed by atoms with Crippen LogP contribution in [-0.2, 0) is 17.6 Å². The van der Waals surface area contributed by atoms with Crippen LogP contribution in [0.15, 0.2) is 42.0 Å². The van der Waals surface area contributed by atoms with Gasteiger partial charge in [0.15, 0.2) is 4.96 Å². The summed E-state index contributed by atoms with van der Waals surface area (Å²) in [6.45, 7) is 0. The van der Waals surface area contributed by atoms with Crippen LogP contribution < -0.4 is 4.74 Å². The molecule has 0 unspecified atom stereocenters. The molecule has 0 aliphatic heterocycles. The fraction of sp³-hybridized carbons (Fsp3) is 0.200. The lowest BCUT2D eigenvalue weighted by atomic mass is 10.1. The molecule has 0 saturated carbocycles. The van der Waals surface area contributed by atoms with Crippen molar-refractivity contribution in [1.29, 1.82) is 0 Å². The molecule has 0 aliphatic carbocycles. The van der Waals surface area contributed by atoms with E-state index in [0.29, 0.717) is 12.8 Å². The topological polar surface area (TPSA) is 43.6 Å². The molecule has 0 N–H and O–H groups in total. The Bertz CT molecular complexity index is 717. The van der Waals surface area contributed by atoms with Crippen LogP contribution in [0.5, 0.6) is 5.75 Å². The number of imidazole rings is 1. The summed E-state index contributed by atoms with van der Waals surface area (Å²) < 4.78 is 7.10. The molecule has 102 valence electrons. The lowest BCUT2D eigenvalue weighted by Crippen LogP contribution is -2.06. The van der Waals surface area contributed by atoms with E-state index in [-0.39, 0.29) is 5.78 Å². The summed E-state index contributed by atoms with van der Waals surface area (Å²) in [4.78, 5) is 17.4. The minimum atomic E-state index is 0.156. The van der Waals surface area contributed by atoms with E-state index in [0.717, 1.165) is 22.0 Å². The maximum absolute atomic E-state index is 12.1. The molecular formula is C15H14N2O2S. The van der Waals surface area contributed by atoms with Gasteiger partial charge in [0, 0.05) is 24.2 Å². The first-order valence-electron chi connectivity index (χ1n) is 6.30. The first-order chi connectivity index (χ1) is 9.74. The van der Waals surface area contributed by atoms with Crippen molar-refractivity contribution in [2.75, 3.05) is 7.11 Å². The van der Waals surface area contributed by atoms with Gasteiger partial charge in [0.2, 0.25) is 0 Å². The molecule has 2 heterocycles. The molecule has 0 radical (unpaired) electrons. The quantitative estimate of drug-likeness (QED) is 0.724. The number of hydrogen-bond donors (Lipinski definition) is 0. The second kappa shape index (κ2) is 5.46. The Labute approximate surface area is 120 Å². The summed E-state index contributed by atoms with van der Waals surface area (Å²) in [7, 11) is 1.62. The third-order valence-electron chi connectivity index (χ3n) is 3.06. The highest BCUT2D eigenvalue weighted by Crippen LogP contribution is 2.15. The van der Waals surface area contributed by atoms with E-state index >= 15 is 0 Å². The third-order valence-corrected chi connectivity index (χ3v) is 3.83. The standard InChI is InChI=1S/C15H14N2O2S/c1-19-14-4-2-3-11(8-14)7-13(18)9-12-10-17-5-6-20-15(17)16-12/h2-6,8,10H,7,9H2,1H3. The molecule has 3 rings (SSSR count). The first kappa shape index (κ1) is 12.9. The van der Waals surface area contributed by atoms with Crippen molar-refractivity contribution in [2.45, 2.75) is 12.8 Å². The van der Waals surface area contributed by atoms with E-state index in [2.05, 4.69) is 4.98 Å². The maximum atomic E-state index is 12.1. The van der Waals surface area contributed by atoms with Crippen LogP contribution in [-0.4, -0.2) is 22.3 Å². The summed E-state index contributed by atoms with van der Waals surface area (Å²) in [5.41, 5.74) is 1.79. The van der Waals surface area contributed by atoms with Gasteiger partial charge in [-0.05, 0) is 17.7 Å². The van der Waals surface area contributed by atoms with Crippen LogP contribution in [0.1, 0.15) is 11.3 Å². The van der Waals surface area contributed by atoms with E-state index in [4.69, 9.17) is 4.74 Å². The second-order valence-electron chi connectivity index (χ2n) is 4.57. The number of fused-ring (bicyclic) bond motifs is 1. The van der Waals surface area contributed by atoms with Gasteiger partial charge in [0.1, 0.15) is 11.5 Å². The van der Waals surface area contributed by atoms with E-state index in [1.807, 2.05) is 46.4 Å². The smallest absolute Gasteiger partial charge is 0.193 e. The molecule has 3 aromatic rings. The molecule has 0 saturated heterocycles. The molecule has 5 heteroatoms. The van der Waals surface area contributed by atoms with Gasteiger partial charge in [-0.25, -0.2) is 4.98 Å². The van der Waals surface area contributed by atoms with Gasteiger partial charge >= 0.3 is 0 Å². The second-order valence-corrected chi connectivity index (χ2v) is 5.44. The average Bonchev–Trinajstić information content (AvgIpc) is 2.99. The molecule has 0 aliphatic rings. The Morgan fingerprint density at radius 3 is 3.10 bits per heavy atom. The summed E-state index contributed by atoms with van der Waals surface area (Å²) >= 11 is 1.57. The van der Waals surface area contributed by atoms with Crippen molar-refractivity contribution < 1.29 is 9.53 Å². The molecule has 0 spiro atoms. The Balaban J connectivity index is 1.68. The number of carbonyl (C=O) groups excluding carboxylic acids is 1. The number of Topliss-reactive ketones (excluding diaryl/α,β-unsaturated/α-hetero) is 1. The molecule has 0 bridgehead atoms. The summed E-state index contributed by atoms with van der Waals surface area (Å²) in [6.07, 6.45) is 4.63. The molecule has 2 aromatic heterocycles. The number of rotatable bonds is 5. The van der Waals surface area contributed by atoms with Crippen molar-refractivity contribution >= 4 is 22.1 Å². The minimum absolute atomic E-state index is 0.156. The summed E-state index contributed by atoms with van der Waals surface area (Å²) in [5, 5.41) is 1.98. The van der Waals surface area contributed by atoms with Gasteiger partial charge in [-0.2, -0.15) is 0 Å². The van der Waals surface area contributed by atoms with Crippen LogP contribution in [0.4, 0.5) is 0 Å². The molecule has 0 amide bonds. The number of ether oxygens (including phenoxy) is 1.